The number of carbonyl (C=O) groups excluding carboxylic acids is 1. The molecular formula is C14H21F3N2O2. The molecule has 120 valence electrons. The van der Waals surface area contributed by atoms with Crippen LogP contribution in [0.5, 0.6) is 0 Å². The van der Waals surface area contributed by atoms with Crippen molar-refractivity contribution < 1.29 is 22.7 Å². The molecule has 1 heterocycles. The van der Waals surface area contributed by atoms with Crippen LogP contribution in [0.4, 0.5) is 18.0 Å². The number of carbonyl (C=O) groups is 1. The first kappa shape index (κ1) is 16.1. The van der Waals surface area contributed by atoms with Crippen LogP contribution in [0.3, 0.4) is 0 Å². The van der Waals surface area contributed by atoms with Gasteiger partial charge in [0.25, 0.3) is 0 Å². The Hall–Kier alpha value is -1.24. The molecule has 0 bridgehead atoms. The number of halogens is 3. The van der Waals surface area contributed by atoms with Gasteiger partial charge < -0.3 is 10.1 Å². The summed E-state index contributed by atoms with van der Waals surface area (Å²) < 4.78 is 42.8. The second-order valence-electron chi connectivity index (χ2n) is 5.66. The lowest BCUT2D eigenvalue weighted by molar-refractivity contribution is -0.150. The van der Waals surface area contributed by atoms with Gasteiger partial charge in [-0.25, -0.2) is 4.79 Å². The highest BCUT2D eigenvalue weighted by atomic mass is 19.4. The fourth-order valence-electron chi connectivity index (χ4n) is 3.00. The van der Waals surface area contributed by atoms with Crippen molar-refractivity contribution >= 4 is 6.09 Å². The standard InChI is InChI=1S/C14H21F3N2O2/c1-10(21-13(20)18-11-5-2-3-6-11)12-7-4-8-19(12)9-14(15,16)17/h2,5,10-12H,3-4,6-9H2,1H3,(H,18,20)/t10?,11-,12+/m1/s1. The monoisotopic (exact) mass is 306 g/mol. The smallest absolute Gasteiger partial charge is 0.407 e. The first-order chi connectivity index (χ1) is 9.85. The lowest BCUT2D eigenvalue weighted by atomic mass is 10.1. The molecule has 0 aromatic heterocycles. The molecule has 1 aliphatic heterocycles. The summed E-state index contributed by atoms with van der Waals surface area (Å²) in [6.07, 6.45) is 1.62. The summed E-state index contributed by atoms with van der Waals surface area (Å²) in [6.45, 7) is 1.10. The Morgan fingerprint density at radius 1 is 1.48 bits per heavy atom. The highest BCUT2D eigenvalue weighted by molar-refractivity contribution is 5.68. The fourth-order valence-corrected chi connectivity index (χ4v) is 3.00. The Morgan fingerprint density at radius 3 is 2.86 bits per heavy atom. The number of amides is 1. The van der Waals surface area contributed by atoms with E-state index < -0.39 is 24.9 Å². The molecule has 1 aliphatic carbocycles. The van der Waals surface area contributed by atoms with Crippen LogP contribution in [-0.2, 0) is 4.74 Å². The lowest BCUT2D eigenvalue weighted by Crippen LogP contribution is -2.45. The molecule has 1 N–H and O–H groups in total. The van der Waals surface area contributed by atoms with E-state index in [1.807, 2.05) is 12.2 Å². The summed E-state index contributed by atoms with van der Waals surface area (Å²) in [6, 6.07) is -0.393. The molecule has 1 fully saturated rings. The maximum Gasteiger partial charge on any atom is 0.407 e. The molecule has 2 rings (SSSR count). The summed E-state index contributed by atoms with van der Waals surface area (Å²) >= 11 is 0. The molecule has 0 radical (unpaired) electrons. The Bertz CT molecular complexity index is 398. The van der Waals surface area contributed by atoms with Gasteiger partial charge in [0.05, 0.1) is 12.6 Å². The van der Waals surface area contributed by atoms with Crippen LogP contribution in [0.1, 0.15) is 32.6 Å². The normalized spacial score (nSPS) is 27.8. The number of hydrogen-bond donors (Lipinski definition) is 1. The summed E-state index contributed by atoms with van der Waals surface area (Å²) in [5, 5.41) is 2.71. The average molecular weight is 306 g/mol. The number of nitrogens with zero attached hydrogens (tertiary/aromatic N) is 1. The van der Waals surface area contributed by atoms with E-state index in [4.69, 9.17) is 4.74 Å². The van der Waals surface area contributed by atoms with E-state index in [2.05, 4.69) is 5.32 Å². The van der Waals surface area contributed by atoms with Gasteiger partial charge in [-0.2, -0.15) is 13.2 Å². The van der Waals surface area contributed by atoms with Crippen LogP contribution in [0.25, 0.3) is 0 Å². The van der Waals surface area contributed by atoms with E-state index in [0.29, 0.717) is 19.4 Å². The minimum atomic E-state index is -4.22. The van der Waals surface area contributed by atoms with Crippen molar-refractivity contribution in [3.63, 3.8) is 0 Å². The molecule has 0 aromatic carbocycles. The quantitative estimate of drug-likeness (QED) is 0.812. The molecule has 0 saturated carbocycles. The van der Waals surface area contributed by atoms with Crippen molar-refractivity contribution in [2.45, 2.75) is 57.0 Å². The summed E-state index contributed by atoms with van der Waals surface area (Å²) in [7, 11) is 0. The van der Waals surface area contributed by atoms with E-state index in [9.17, 15) is 18.0 Å². The van der Waals surface area contributed by atoms with Crippen LogP contribution >= 0.6 is 0 Å². The Balaban J connectivity index is 1.82. The summed E-state index contributed by atoms with van der Waals surface area (Å²) in [5.41, 5.74) is 0. The number of alkyl halides is 3. The number of likely N-dealkylation sites (tertiary alicyclic amines) is 1. The van der Waals surface area contributed by atoms with Gasteiger partial charge >= 0.3 is 12.3 Å². The Kier molecular flexibility index (Phi) is 5.13. The number of rotatable bonds is 4. The molecule has 0 spiro atoms. The third kappa shape index (κ3) is 4.91. The predicted octanol–water partition coefficient (Wildman–Crippen LogP) is 2.85. The van der Waals surface area contributed by atoms with E-state index in [1.165, 1.54) is 4.90 Å². The van der Waals surface area contributed by atoms with Gasteiger partial charge in [-0.05, 0) is 39.2 Å². The van der Waals surface area contributed by atoms with Gasteiger partial charge in [-0.15, -0.1) is 0 Å². The van der Waals surface area contributed by atoms with Crippen LogP contribution in [0.2, 0.25) is 0 Å². The SMILES string of the molecule is CC(OC(=O)N[C@@H]1C=CCC1)[C@@H]1CCCN1CC(F)(F)F. The molecule has 7 heteroatoms. The highest BCUT2D eigenvalue weighted by Crippen LogP contribution is 2.26. The second kappa shape index (κ2) is 6.68. The van der Waals surface area contributed by atoms with E-state index >= 15 is 0 Å². The molecule has 0 aromatic rings. The molecule has 3 atom stereocenters. The van der Waals surface area contributed by atoms with Crippen LogP contribution in [-0.4, -0.2) is 48.4 Å². The van der Waals surface area contributed by atoms with Crippen molar-refractivity contribution in [2.24, 2.45) is 0 Å². The van der Waals surface area contributed by atoms with E-state index in [-0.39, 0.29) is 12.1 Å². The zero-order chi connectivity index (χ0) is 15.5. The average Bonchev–Trinajstić information content (AvgIpc) is 2.97. The van der Waals surface area contributed by atoms with Crippen molar-refractivity contribution in [3.8, 4) is 0 Å². The number of nitrogens with one attached hydrogen (secondary N) is 1. The maximum atomic E-state index is 12.5. The number of ether oxygens (including phenoxy) is 1. The fraction of sp³-hybridized carbons (Fsp3) is 0.786. The van der Waals surface area contributed by atoms with Gasteiger partial charge in [-0.3, -0.25) is 4.90 Å². The third-order valence-corrected chi connectivity index (χ3v) is 3.95. The zero-order valence-corrected chi connectivity index (χ0v) is 12.0. The van der Waals surface area contributed by atoms with Crippen LogP contribution < -0.4 is 5.32 Å². The number of allylic oxidation sites excluding steroid dienone is 1. The lowest BCUT2D eigenvalue weighted by Gasteiger charge is -2.30. The van der Waals surface area contributed by atoms with Crippen LogP contribution in [0, 0.1) is 0 Å². The van der Waals surface area contributed by atoms with Crippen molar-refractivity contribution in [2.75, 3.05) is 13.1 Å². The number of hydrogen-bond acceptors (Lipinski definition) is 3. The van der Waals surface area contributed by atoms with Gasteiger partial charge in [0, 0.05) is 6.04 Å². The number of alkyl carbamates (subject to hydrolysis) is 1. The van der Waals surface area contributed by atoms with Crippen molar-refractivity contribution in [1.29, 1.82) is 0 Å². The molecule has 2 aliphatic rings. The molecule has 1 unspecified atom stereocenters. The zero-order valence-electron chi connectivity index (χ0n) is 12.0. The third-order valence-electron chi connectivity index (χ3n) is 3.95. The summed E-state index contributed by atoms with van der Waals surface area (Å²) in [5.74, 6) is 0. The summed E-state index contributed by atoms with van der Waals surface area (Å²) in [4.78, 5) is 13.1. The van der Waals surface area contributed by atoms with Crippen molar-refractivity contribution in [3.05, 3.63) is 12.2 Å². The molecule has 1 amide bonds. The van der Waals surface area contributed by atoms with E-state index in [0.717, 1.165) is 12.8 Å². The first-order valence-electron chi connectivity index (χ1n) is 7.30. The first-order valence-corrected chi connectivity index (χ1v) is 7.30. The highest BCUT2D eigenvalue weighted by Gasteiger charge is 2.39. The predicted molar refractivity (Wildman–Crippen MR) is 71.9 cm³/mol. The minimum absolute atomic E-state index is 0.0282. The van der Waals surface area contributed by atoms with Gasteiger partial charge in [0.2, 0.25) is 0 Å². The van der Waals surface area contributed by atoms with Crippen molar-refractivity contribution in [1.82, 2.24) is 10.2 Å². The molecule has 1 saturated heterocycles. The second-order valence-corrected chi connectivity index (χ2v) is 5.66. The topological polar surface area (TPSA) is 41.6 Å². The minimum Gasteiger partial charge on any atom is -0.445 e. The van der Waals surface area contributed by atoms with Gasteiger partial charge in [0.1, 0.15) is 6.10 Å². The molecular weight excluding hydrogens is 285 g/mol. The Morgan fingerprint density at radius 2 is 2.24 bits per heavy atom. The van der Waals surface area contributed by atoms with Gasteiger partial charge in [0.15, 0.2) is 0 Å². The molecule has 21 heavy (non-hydrogen) atoms. The largest absolute Gasteiger partial charge is 0.445 e. The maximum absolute atomic E-state index is 12.5. The van der Waals surface area contributed by atoms with E-state index in [1.54, 1.807) is 6.92 Å². The Labute approximate surface area is 122 Å². The van der Waals surface area contributed by atoms with Gasteiger partial charge in [-0.1, -0.05) is 12.2 Å². The molecule has 4 nitrogen and oxygen atoms in total. The van der Waals surface area contributed by atoms with Crippen LogP contribution in [0.15, 0.2) is 12.2 Å².